The van der Waals surface area contributed by atoms with Crippen LogP contribution in [0.5, 0.6) is 0 Å². The summed E-state index contributed by atoms with van der Waals surface area (Å²) in [4.78, 5) is 6.60. The van der Waals surface area contributed by atoms with E-state index in [1.54, 1.807) is 17.5 Å². The molecule has 2 fully saturated rings. The van der Waals surface area contributed by atoms with E-state index in [1.807, 2.05) is 12.1 Å². The fraction of sp³-hybridized carbons (Fsp3) is 0.643. The van der Waals surface area contributed by atoms with Crippen LogP contribution in [0.15, 0.2) is 22.8 Å². The highest BCUT2D eigenvalue weighted by Crippen LogP contribution is 2.33. The van der Waals surface area contributed by atoms with Gasteiger partial charge < -0.3 is 4.90 Å². The van der Waals surface area contributed by atoms with Gasteiger partial charge in [-0.1, -0.05) is 0 Å². The first kappa shape index (κ1) is 15.2. The van der Waals surface area contributed by atoms with Crippen LogP contribution < -0.4 is 4.90 Å². The molecule has 1 unspecified atom stereocenters. The molecule has 21 heavy (non-hydrogen) atoms. The van der Waals surface area contributed by atoms with Gasteiger partial charge in [0.1, 0.15) is 5.82 Å². The molecule has 3 rings (SSSR count). The second-order valence-corrected chi connectivity index (χ2v) is 9.03. The summed E-state index contributed by atoms with van der Waals surface area (Å²) in [5, 5.41) is -0.135. The molecule has 116 valence electrons. The number of likely N-dealkylation sites (N-methyl/N-ethyl adjacent to an activating group) is 1. The quantitative estimate of drug-likeness (QED) is 0.811. The molecule has 5 nitrogen and oxygen atoms in total. The monoisotopic (exact) mass is 373 g/mol. The standard InChI is InChI=1S/C14H20BrN3O2S/c1-17(21(19,20)13-5-6-13)12-3-2-8-18(10-12)14-7-4-11(15)9-16-14/h4,7,9,12-13H,2-3,5-6,8,10H2,1H3. The van der Waals surface area contributed by atoms with E-state index in [0.717, 1.165) is 49.1 Å². The number of sulfonamides is 1. The van der Waals surface area contributed by atoms with Gasteiger partial charge in [0.15, 0.2) is 0 Å². The molecule has 1 atom stereocenters. The molecule has 1 saturated heterocycles. The smallest absolute Gasteiger partial charge is 0.217 e. The van der Waals surface area contributed by atoms with Crippen LogP contribution >= 0.6 is 15.9 Å². The Morgan fingerprint density at radius 3 is 2.71 bits per heavy atom. The number of nitrogens with zero attached hydrogens (tertiary/aromatic N) is 3. The summed E-state index contributed by atoms with van der Waals surface area (Å²) in [6.07, 6.45) is 5.33. The van der Waals surface area contributed by atoms with Crippen LogP contribution in [-0.4, -0.2) is 49.1 Å². The van der Waals surface area contributed by atoms with Gasteiger partial charge in [-0.05, 0) is 53.7 Å². The minimum absolute atomic E-state index is 0.0507. The predicted molar refractivity (Wildman–Crippen MR) is 86.9 cm³/mol. The average Bonchev–Trinajstić information content (AvgIpc) is 3.32. The van der Waals surface area contributed by atoms with Gasteiger partial charge >= 0.3 is 0 Å². The number of anilines is 1. The summed E-state index contributed by atoms with van der Waals surface area (Å²) >= 11 is 3.38. The number of piperidine rings is 1. The molecular formula is C14H20BrN3O2S. The lowest BCUT2D eigenvalue weighted by Crippen LogP contribution is -2.49. The zero-order valence-electron chi connectivity index (χ0n) is 12.1. The fourth-order valence-corrected chi connectivity index (χ4v) is 4.85. The second kappa shape index (κ2) is 5.85. The summed E-state index contributed by atoms with van der Waals surface area (Å²) < 4.78 is 27.3. The number of halogens is 1. The third-order valence-corrected chi connectivity index (χ3v) is 7.18. The van der Waals surface area contributed by atoms with E-state index in [1.165, 1.54) is 0 Å². The molecule has 7 heteroatoms. The van der Waals surface area contributed by atoms with Crippen LogP contribution in [0.3, 0.4) is 0 Å². The second-order valence-electron chi connectivity index (χ2n) is 5.84. The van der Waals surface area contributed by atoms with Crippen molar-refractivity contribution >= 4 is 31.8 Å². The molecule has 1 saturated carbocycles. The molecule has 1 aromatic rings. The number of hydrogen-bond acceptors (Lipinski definition) is 4. The molecule has 2 aliphatic rings. The topological polar surface area (TPSA) is 53.5 Å². The molecule has 0 spiro atoms. The fourth-order valence-electron chi connectivity index (χ4n) is 2.82. The largest absolute Gasteiger partial charge is 0.355 e. The highest BCUT2D eigenvalue weighted by Gasteiger charge is 2.41. The van der Waals surface area contributed by atoms with Gasteiger partial charge in [0.05, 0.1) is 5.25 Å². The molecule has 0 bridgehead atoms. The van der Waals surface area contributed by atoms with Gasteiger partial charge in [-0.25, -0.2) is 13.4 Å². The molecule has 0 amide bonds. The first-order chi connectivity index (χ1) is 9.98. The molecule has 0 aromatic carbocycles. The summed E-state index contributed by atoms with van der Waals surface area (Å²) in [7, 11) is -1.37. The highest BCUT2D eigenvalue weighted by atomic mass is 79.9. The van der Waals surface area contributed by atoms with E-state index in [9.17, 15) is 8.42 Å². The molecule has 1 aromatic heterocycles. The lowest BCUT2D eigenvalue weighted by molar-refractivity contribution is 0.319. The molecule has 0 radical (unpaired) electrons. The third-order valence-electron chi connectivity index (χ3n) is 4.29. The maximum absolute atomic E-state index is 12.4. The maximum Gasteiger partial charge on any atom is 0.217 e. The Hall–Kier alpha value is -0.660. The highest BCUT2D eigenvalue weighted by molar-refractivity contribution is 9.10. The van der Waals surface area contributed by atoms with E-state index in [-0.39, 0.29) is 11.3 Å². The summed E-state index contributed by atoms with van der Waals surface area (Å²) in [5.74, 6) is 0.917. The molecule has 1 aliphatic carbocycles. The van der Waals surface area contributed by atoms with E-state index in [2.05, 4.69) is 25.8 Å². The van der Waals surface area contributed by atoms with E-state index in [4.69, 9.17) is 0 Å². The zero-order chi connectivity index (χ0) is 15.0. The SMILES string of the molecule is CN(C1CCCN(c2ccc(Br)cn2)C1)S(=O)(=O)C1CC1. The number of pyridine rings is 1. The van der Waals surface area contributed by atoms with E-state index < -0.39 is 10.0 Å². The van der Waals surface area contributed by atoms with Crippen molar-refractivity contribution in [3.8, 4) is 0 Å². The summed E-state index contributed by atoms with van der Waals surface area (Å²) in [6.45, 7) is 1.65. The van der Waals surface area contributed by atoms with Gasteiger partial charge in [0.2, 0.25) is 10.0 Å². The minimum Gasteiger partial charge on any atom is -0.355 e. The normalized spacial score (nSPS) is 23.6. The Morgan fingerprint density at radius 1 is 1.33 bits per heavy atom. The zero-order valence-corrected chi connectivity index (χ0v) is 14.5. The third kappa shape index (κ3) is 3.24. The minimum atomic E-state index is -3.10. The molecule has 1 aliphatic heterocycles. The van der Waals surface area contributed by atoms with Crippen molar-refractivity contribution in [1.82, 2.24) is 9.29 Å². The number of hydrogen-bond donors (Lipinski definition) is 0. The van der Waals surface area contributed by atoms with Gasteiger partial charge in [0.25, 0.3) is 0 Å². The van der Waals surface area contributed by atoms with Crippen molar-refractivity contribution in [2.45, 2.75) is 37.0 Å². The Morgan fingerprint density at radius 2 is 2.10 bits per heavy atom. The van der Waals surface area contributed by atoms with Crippen LogP contribution in [-0.2, 0) is 10.0 Å². The molecule has 0 N–H and O–H groups in total. The van der Waals surface area contributed by atoms with Crippen LogP contribution in [0.1, 0.15) is 25.7 Å². The van der Waals surface area contributed by atoms with Crippen molar-refractivity contribution < 1.29 is 8.42 Å². The predicted octanol–water partition coefficient (Wildman–Crippen LogP) is 2.24. The maximum atomic E-state index is 12.4. The van der Waals surface area contributed by atoms with Crippen molar-refractivity contribution in [1.29, 1.82) is 0 Å². The van der Waals surface area contributed by atoms with Crippen LogP contribution in [0, 0.1) is 0 Å². The number of aromatic nitrogens is 1. The summed E-state index contributed by atoms with van der Waals surface area (Å²) in [6, 6.07) is 3.99. The number of rotatable bonds is 4. The van der Waals surface area contributed by atoms with Crippen molar-refractivity contribution in [2.75, 3.05) is 25.0 Å². The van der Waals surface area contributed by atoms with Crippen molar-refractivity contribution in [3.63, 3.8) is 0 Å². The van der Waals surface area contributed by atoms with Crippen molar-refractivity contribution in [3.05, 3.63) is 22.8 Å². The lowest BCUT2D eigenvalue weighted by Gasteiger charge is -2.37. The van der Waals surface area contributed by atoms with Crippen LogP contribution in [0.25, 0.3) is 0 Å². The Bertz CT molecular complexity index is 601. The molecule has 2 heterocycles. The molecular weight excluding hydrogens is 354 g/mol. The average molecular weight is 374 g/mol. The van der Waals surface area contributed by atoms with Crippen molar-refractivity contribution in [2.24, 2.45) is 0 Å². The summed E-state index contributed by atoms with van der Waals surface area (Å²) in [5.41, 5.74) is 0. The Labute approximate surface area is 134 Å². The first-order valence-electron chi connectivity index (χ1n) is 7.32. The Balaban J connectivity index is 1.72. The van der Waals surface area contributed by atoms with Crippen LogP contribution in [0.2, 0.25) is 0 Å². The first-order valence-corrected chi connectivity index (χ1v) is 9.61. The van der Waals surface area contributed by atoms with Gasteiger partial charge in [0, 0.05) is 36.8 Å². The van der Waals surface area contributed by atoms with E-state index >= 15 is 0 Å². The van der Waals surface area contributed by atoms with E-state index in [0.29, 0.717) is 0 Å². The lowest BCUT2D eigenvalue weighted by atomic mass is 10.1. The van der Waals surface area contributed by atoms with Gasteiger partial charge in [-0.3, -0.25) is 0 Å². The Kier molecular flexibility index (Phi) is 4.25. The van der Waals surface area contributed by atoms with Gasteiger partial charge in [-0.2, -0.15) is 4.31 Å². The van der Waals surface area contributed by atoms with Crippen LogP contribution in [0.4, 0.5) is 5.82 Å². The van der Waals surface area contributed by atoms with Gasteiger partial charge in [-0.15, -0.1) is 0 Å².